The first-order chi connectivity index (χ1) is 12.2. The number of rotatable bonds is 4. The Bertz CT molecular complexity index is 603. The van der Waals surface area contributed by atoms with E-state index in [1.54, 1.807) is 7.11 Å². The van der Waals surface area contributed by atoms with Crippen LogP contribution < -0.4 is 4.74 Å². The highest BCUT2D eigenvalue weighted by Gasteiger charge is 2.43. The molecule has 4 rings (SSSR count). The van der Waals surface area contributed by atoms with Crippen molar-refractivity contribution in [2.75, 3.05) is 46.5 Å². The predicted molar refractivity (Wildman–Crippen MR) is 92.5 cm³/mol. The molecular weight excluding hydrogens is 320 g/mol. The molecule has 0 saturated carbocycles. The second-order valence-electron chi connectivity index (χ2n) is 7.07. The van der Waals surface area contributed by atoms with E-state index in [2.05, 4.69) is 25.8 Å². The molecule has 7 heteroatoms. The number of amides is 2. The zero-order chi connectivity index (χ0) is 17.2. The lowest BCUT2D eigenvalue weighted by atomic mass is 10.1. The average Bonchev–Trinajstić information content (AvgIpc) is 2.99. The number of hydrogen-bond acceptors (Lipinski definition) is 5. The van der Waals surface area contributed by atoms with E-state index in [1.807, 2.05) is 12.3 Å². The molecule has 0 unspecified atom stereocenters. The number of carbonyl (C=O) groups is 1. The van der Waals surface area contributed by atoms with E-state index in [9.17, 15) is 4.79 Å². The van der Waals surface area contributed by atoms with Crippen LogP contribution in [0, 0.1) is 0 Å². The molecule has 136 valence electrons. The Balaban J connectivity index is 1.36. The zero-order valence-electron chi connectivity index (χ0n) is 14.8. The van der Waals surface area contributed by atoms with Crippen molar-refractivity contribution in [3.05, 3.63) is 23.9 Å². The van der Waals surface area contributed by atoms with Crippen LogP contribution in [0.15, 0.2) is 18.3 Å². The predicted octanol–water partition coefficient (Wildman–Crippen LogP) is 1.19. The van der Waals surface area contributed by atoms with Gasteiger partial charge in [-0.05, 0) is 18.4 Å². The van der Waals surface area contributed by atoms with Gasteiger partial charge in [0.25, 0.3) is 0 Å². The Kier molecular flexibility index (Phi) is 4.76. The maximum absolute atomic E-state index is 12.7. The third-order valence-electron chi connectivity index (χ3n) is 5.51. The molecule has 0 aliphatic carbocycles. The van der Waals surface area contributed by atoms with Crippen molar-refractivity contribution in [1.82, 2.24) is 19.7 Å². The summed E-state index contributed by atoms with van der Waals surface area (Å²) in [4.78, 5) is 23.6. The van der Waals surface area contributed by atoms with Gasteiger partial charge < -0.3 is 19.3 Å². The summed E-state index contributed by atoms with van der Waals surface area (Å²) in [7, 11) is 1.63. The summed E-state index contributed by atoms with van der Waals surface area (Å²) in [6, 6.07) is 4.84. The number of fused-ring (bicyclic) bond motifs is 1. The Labute approximate surface area is 148 Å². The standard InChI is InChI=1S/C18H26N4O3/c1-24-17-3-2-14(10-19-17)11-20-6-7-21-16(12-20)13-22(18(21)23)15-4-8-25-9-5-15/h2-3,10,15-16H,4-9,11-13H2,1H3/t16-/m1/s1. The first-order valence-corrected chi connectivity index (χ1v) is 9.11. The Morgan fingerprint density at radius 3 is 2.72 bits per heavy atom. The van der Waals surface area contributed by atoms with Crippen molar-refractivity contribution in [2.45, 2.75) is 31.5 Å². The van der Waals surface area contributed by atoms with Gasteiger partial charge in [0.2, 0.25) is 5.88 Å². The highest BCUT2D eigenvalue weighted by molar-refractivity contribution is 5.77. The lowest BCUT2D eigenvalue weighted by Crippen LogP contribution is -2.51. The number of methoxy groups -OCH3 is 1. The number of nitrogens with zero attached hydrogens (tertiary/aromatic N) is 4. The molecular formula is C18H26N4O3. The smallest absolute Gasteiger partial charge is 0.320 e. The van der Waals surface area contributed by atoms with Crippen molar-refractivity contribution in [3.8, 4) is 5.88 Å². The van der Waals surface area contributed by atoms with Gasteiger partial charge in [0, 0.05) is 64.2 Å². The molecule has 4 heterocycles. The third-order valence-corrected chi connectivity index (χ3v) is 5.51. The fourth-order valence-electron chi connectivity index (χ4n) is 4.13. The van der Waals surface area contributed by atoms with Crippen LogP contribution in [-0.2, 0) is 11.3 Å². The molecule has 3 aliphatic rings. The van der Waals surface area contributed by atoms with Gasteiger partial charge >= 0.3 is 6.03 Å². The quantitative estimate of drug-likeness (QED) is 0.820. The van der Waals surface area contributed by atoms with Gasteiger partial charge in [-0.2, -0.15) is 0 Å². The minimum Gasteiger partial charge on any atom is -0.481 e. The van der Waals surface area contributed by atoms with Gasteiger partial charge in [-0.3, -0.25) is 4.90 Å². The Morgan fingerprint density at radius 2 is 2.00 bits per heavy atom. The summed E-state index contributed by atoms with van der Waals surface area (Å²) in [6.07, 6.45) is 3.81. The Morgan fingerprint density at radius 1 is 1.16 bits per heavy atom. The summed E-state index contributed by atoms with van der Waals surface area (Å²) in [5, 5.41) is 0. The summed E-state index contributed by atoms with van der Waals surface area (Å²) < 4.78 is 10.6. The fraction of sp³-hybridized carbons (Fsp3) is 0.667. The second kappa shape index (κ2) is 7.17. The molecule has 1 aromatic heterocycles. The van der Waals surface area contributed by atoms with E-state index in [0.717, 1.165) is 58.8 Å². The van der Waals surface area contributed by atoms with E-state index in [1.165, 1.54) is 5.56 Å². The summed E-state index contributed by atoms with van der Waals surface area (Å²) >= 11 is 0. The topological polar surface area (TPSA) is 58.1 Å². The molecule has 2 amide bonds. The normalized spacial score (nSPS) is 25.3. The van der Waals surface area contributed by atoms with Crippen LogP contribution >= 0.6 is 0 Å². The van der Waals surface area contributed by atoms with Gasteiger partial charge in [-0.25, -0.2) is 9.78 Å². The number of carbonyl (C=O) groups excluding carboxylic acids is 1. The van der Waals surface area contributed by atoms with Crippen LogP contribution in [0.4, 0.5) is 4.79 Å². The Hall–Kier alpha value is -1.86. The lowest BCUT2D eigenvalue weighted by molar-refractivity contribution is 0.0504. The first-order valence-electron chi connectivity index (χ1n) is 9.11. The summed E-state index contributed by atoms with van der Waals surface area (Å²) in [5.74, 6) is 0.641. The zero-order valence-corrected chi connectivity index (χ0v) is 14.8. The van der Waals surface area contributed by atoms with E-state index in [4.69, 9.17) is 9.47 Å². The molecule has 0 spiro atoms. The maximum Gasteiger partial charge on any atom is 0.320 e. The molecule has 0 radical (unpaired) electrons. The van der Waals surface area contributed by atoms with Gasteiger partial charge in [0.15, 0.2) is 0 Å². The average molecular weight is 346 g/mol. The molecule has 3 fully saturated rings. The van der Waals surface area contributed by atoms with Crippen LogP contribution in [0.5, 0.6) is 5.88 Å². The number of hydrogen-bond donors (Lipinski definition) is 0. The number of pyridine rings is 1. The second-order valence-corrected chi connectivity index (χ2v) is 7.07. The van der Waals surface area contributed by atoms with Gasteiger partial charge in [-0.15, -0.1) is 0 Å². The van der Waals surface area contributed by atoms with Crippen LogP contribution in [0.3, 0.4) is 0 Å². The first kappa shape index (κ1) is 16.6. The summed E-state index contributed by atoms with van der Waals surface area (Å²) in [6.45, 7) is 5.92. The van der Waals surface area contributed by atoms with E-state index in [0.29, 0.717) is 18.0 Å². The van der Waals surface area contributed by atoms with E-state index < -0.39 is 0 Å². The van der Waals surface area contributed by atoms with Crippen LogP contribution in [0.25, 0.3) is 0 Å². The minimum absolute atomic E-state index is 0.225. The van der Waals surface area contributed by atoms with Gasteiger partial charge in [-0.1, -0.05) is 6.07 Å². The maximum atomic E-state index is 12.7. The molecule has 0 N–H and O–H groups in total. The summed E-state index contributed by atoms with van der Waals surface area (Å²) in [5.41, 5.74) is 1.18. The van der Waals surface area contributed by atoms with E-state index >= 15 is 0 Å². The monoisotopic (exact) mass is 346 g/mol. The fourth-order valence-corrected chi connectivity index (χ4v) is 4.13. The number of aromatic nitrogens is 1. The molecule has 3 saturated heterocycles. The SMILES string of the molecule is COc1ccc(CN2CCN3C(=O)N(C4CCOCC4)C[C@H]3C2)cn1. The van der Waals surface area contributed by atoms with Crippen molar-refractivity contribution in [3.63, 3.8) is 0 Å². The van der Waals surface area contributed by atoms with Crippen molar-refractivity contribution >= 4 is 6.03 Å². The molecule has 25 heavy (non-hydrogen) atoms. The van der Waals surface area contributed by atoms with E-state index in [-0.39, 0.29) is 6.03 Å². The molecule has 0 bridgehead atoms. The molecule has 1 atom stereocenters. The van der Waals surface area contributed by atoms with Crippen LogP contribution in [0.1, 0.15) is 18.4 Å². The minimum atomic E-state index is 0.225. The van der Waals surface area contributed by atoms with Crippen molar-refractivity contribution < 1.29 is 14.3 Å². The molecule has 1 aromatic rings. The number of ether oxygens (including phenoxy) is 2. The number of piperazine rings is 1. The highest BCUT2D eigenvalue weighted by Crippen LogP contribution is 2.26. The lowest BCUT2D eigenvalue weighted by Gasteiger charge is -2.36. The van der Waals surface area contributed by atoms with Gasteiger partial charge in [0.05, 0.1) is 13.2 Å². The highest BCUT2D eigenvalue weighted by atomic mass is 16.5. The largest absolute Gasteiger partial charge is 0.481 e. The third kappa shape index (κ3) is 3.43. The molecule has 0 aromatic carbocycles. The molecule has 7 nitrogen and oxygen atoms in total. The van der Waals surface area contributed by atoms with Crippen molar-refractivity contribution in [2.24, 2.45) is 0 Å². The van der Waals surface area contributed by atoms with Crippen LogP contribution in [0.2, 0.25) is 0 Å². The van der Waals surface area contributed by atoms with Crippen LogP contribution in [-0.4, -0.2) is 84.3 Å². The number of urea groups is 1. The molecule has 3 aliphatic heterocycles. The van der Waals surface area contributed by atoms with Crippen molar-refractivity contribution in [1.29, 1.82) is 0 Å². The van der Waals surface area contributed by atoms with Gasteiger partial charge in [0.1, 0.15) is 0 Å².